The van der Waals surface area contributed by atoms with E-state index in [4.69, 9.17) is 4.74 Å². The molecule has 0 saturated carbocycles. The highest BCUT2D eigenvalue weighted by Crippen LogP contribution is 2.15. The van der Waals surface area contributed by atoms with Gasteiger partial charge in [-0.2, -0.15) is 0 Å². The Kier molecular flexibility index (Phi) is 5.14. The molecule has 134 valence electrons. The maximum atomic E-state index is 12.1. The standard InChI is InChI=1S/C22H24N2O2/c25-22-11-13-24(21-10-5-4-9-20(21)22)17-19-16-23(12-6-14-26-19)15-18-7-2-1-3-8-18/h1-5,7-11,13,19H,6,12,14-17H2. The number of hydrogen-bond donors (Lipinski definition) is 0. The molecule has 2 heterocycles. The number of fused-ring (bicyclic) bond motifs is 1. The van der Waals surface area contributed by atoms with Crippen LogP contribution in [-0.2, 0) is 17.8 Å². The van der Waals surface area contributed by atoms with Crippen molar-refractivity contribution in [2.24, 2.45) is 0 Å². The van der Waals surface area contributed by atoms with Crippen molar-refractivity contribution < 1.29 is 4.74 Å². The van der Waals surface area contributed by atoms with Gasteiger partial charge in [0.15, 0.2) is 5.43 Å². The Bertz CT molecular complexity index is 920. The summed E-state index contributed by atoms with van der Waals surface area (Å²) in [7, 11) is 0. The number of benzene rings is 2. The van der Waals surface area contributed by atoms with Crippen LogP contribution in [0.5, 0.6) is 0 Å². The van der Waals surface area contributed by atoms with E-state index >= 15 is 0 Å². The van der Waals surface area contributed by atoms with Gasteiger partial charge in [0.1, 0.15) is 0 Å². The lowest BCUT2D eigenvalue weighted by atomic mass is 10.2. The Morgan fingerprint density at radius 2 is 1.81 bits per heavy atom. The van der Waals surface area contributed by atoms with Gasteiger partial charge in [0.05, 0.1) is 18.2 Å². The van der Waals surface area contributed by atoms with Crippen molar-refractivity contribution in [3.05, 3.63) is 82.6 Å². The molecule has 0 N–H and O–H groups in total. The zero-order valence-corrected chi connectivity index (χ0v) is 14.9. The quantitative estimate of drug-likeness (QED) is 0.726. The van der Waals surface area contributed by atoms with Gasteiger partial charge >= 0.3 is 0 Å². The van der Waals surface area contributed by atoms with Crippen LogP contribution in [0.3, 0.4) is 0 Å². The fourth-order valence-electron chi connectivity index (χ4n) is 3.70. The zero-order valence-electron chi connectivity index (χ0n) is 14.9. The molecule has 4 rings (SSSR count). The average Bonchev–Trinajstić information content (AvgIpc) is 2.90. The molecule has 3 aromatic rings. The largest absolute Gasteiger partial charge is 0.375 e. The summed E-state index contributed by atoms with van der Waals surface area (Å²) in [5, 5.41) is 0.768. The minimum atomic E-state index is 0.0735. The number of nitrogens with zero attached hydrogens (tertiary/aromatic N) is 2. The van der Waals surface area contributed by atoms with Crippen molar-refractivity contribution in [2.45, 2.75) is 25.6 Å². The van der Waals surface area contributed by atoms with E-state index < -0.39 is 0 Å². The van der Waals surface area contributed by atoms with Gasteiger partial charge in [-0.1, -0.05) is 42.5 Å². The number of rotatable bonds is 4. The fraction of sp³-hybridized carbons (Fsp3) is 0.318. The maximum absolute atomic E-state index is 12.1. The van der Waals surface area contributed by atoms with E-state index in [9.17, 15) is 4.79 Å². The van der Waals surface area contributed by atoms with Crippen molar-refractivity contribution in [3.63, 3.8) is 0 Å². The fourth-order valence-corrected chi connectivity index (χ4v) is 3.70. The van der Waals surface area contributed by atoms with E-state index in [1.54, 1.807) is 6.07 Å². The van der Waals surface area contributed by atoms with Crippen LogP contribution in [0.15, 0.2) is 71.7 Å². The highest BCUT2D eigenvalue weighted by molar-refractivity contribution is 5.78. The van der Waals surface area contributed by atoms with E-state index in [1.807, 2.05) is 30.5 Å². The first kappa shape index (κ1) is 17.0. The Hall–Kier alpha value is -2.43. The first-order chi connectivity index (χ1) is 12.8. The monoisotopic (exact) mass is 348 g/mol. The number of para-hydroxylation sites is 1. The van der Waals surface area contributed by atoms with Gasteiger partial charge in [-0.05, 0) is 24.1 Å². The predicted octanol–water partition coefficient (Wildman–Crippen LogP) is 3.29. The summed E-state index contributed by atoms with van der Waals surface area (Å²) < 4.78 is 8.26. The van der Waals surface area contributed by atoms with Crippen LogP contribution in [0, 0.1) is 0 Å². The van der Waals surface area contributed by atoms with Gasteiger partial charge in [-0.25, -0.2) is 0 Å². The molecule has 0 radical (unpaired) electrons. The molecular weight excluding hydrogens is 324 g/mol. The first-order valence-electron chi connectivity index (χ1n) is 9.26. The molecule has 1 aromatic heterocycles. The van der Waals surface area contributed by atoms with E-state index in [0.29, 0.717) is 0 Å². The van der Waals surface area contributed by atoms with Crippen LogP contribution in [0.4, 0.5) is 0 Å². The summed E-state index contributed by atoms with van der Waals surface area (Å²) in [5.41, 5.74) is 2.38. The molecule has 1 unspecified atom stereocenters. The van der Waals surface area contributed by atoms with Gasteiger partial charge in [-0.3, -0.25) is 9.69 Å². The molecule has 26 heavy (non-hydrogen) atoms. The summed E-state index contributed by atoms with van der Waals surface area (Å²) >= 11 is 0. The minimum absolute atomic E-state index is 0.0735. The topological polar surface area (TPSA) is 34.5 Å². The van der Waals surface area contributed by atoms with Crippen LogP contribution in [-0.4, -0.2) is 35.3 Å². The smallest absolute Gasteiger partial charge is 0.189 e. The second-order valence-electron chi connectivity index (χ2n) is 6.92. The maximum Gasteiger partial charge on any atom is 0.189 e. The SMILES string of the molecule is O=c1ccn(CC2CN(Cc3ccccc3)CCCO2)c2ccccc12. The number of aromatic nitrogens is 1. The van der Waals surface area contributed by atoms with E-state index in [1.165, 1.54) is 5.56 Å². The van der Waals surface area contributed by atoms with Crippen molar-refractivity contribution in [2.75, 3.05) is 19.7 Å². The van der Waals surface area contributed by atoms with Crippen LogP contribution in [0.25, 0.3) is 10.9 Å². The molecule has 1 aliphatic rings. The molecule has 0 spiro atoms. The molecular formula is C22H24N2O2. The van der Waals surface area contributed by atoms with Crippen molar-refractivity contribution in [3.8, 4) is 0 Å². The number of pyridine rings is 1. The van der Waals surface area contributed by atoms with Gasteiger partial charge in [-0.15, -0.1) is 0 Å². The highest BCUT2D eigenvalue weighted by Gasteiger charge is 2.19. The molecule has 0 bridgehead atoms. The number of ether oxygens (including phenoxy) is 1. The van der Waals surface area contributed by atoms with E-state index in [2.05, 4.69) is 39.8 Å². The molecule has 2 aromatic carbocycles. The number of hydrogen-bond acceptors (Lipinski definition) is 3. The Morgan fingerprint density at radius 3 is 2.69 bits per heavy atom. The lowest BCUT2D eigenvalue weighted by Gasteiger charge is -2.25. The van der Waals surface area contributed by atoms with Crippen molar-refractivity contribution in [1.82, 2.24) is 9.47 Å². The molecule has 4 nitrogen and oxygen atoms in total. The summed E-state index contributed by atoms with van der Waals surface area (Å²) in [6.45, 7) is 4.44. The molecule has 4 heteroatoms. The first-order valence-corrected chi connectivity index (χ1v) is 9.26. The highest BCUT2D eigenvalue weighted by atomic mass is 16.5. The predicted molar refractivity (Wildman–Crippen MR) is 104 cm³/mol. The minimum Gasteiger partial charge on any atom is -0.375 e. The van der Waals surface area contributed by atoms with E-state index in [0.717, 1.165) is 50.1 Å². The molecule has 0 aliphatic carbocycles. The third kappa shape index (κ3) is 3.87. The molecule has 1 saturated heterocycles. The third-order valence-electron chi connectivity index (χ3n) is 4.97. The molecule has 1 aliphatic heterocycles. The Morgan fingerprint density at radius 1 is 1.00 bits per heavy atom. The van der Waals surface area contributed by atoms with Gasteiger partial charge in [0.25, 0.3) is 0 Å². The third-order valence-corrected chi connectivity index (χ3v) is 4.97. The normalized spacial score (nSPS) is 18.7. The molecule has 0 amide bonds. The summed E-state index contributed by atoms with van der Waals surface area (Å²) in [6, 6.07) is 20.0. The van der Waals surface area contributed by atoms with Crippen LogP contribution in [0.1, 0.15) is 12.0 Å². The summed E-state index contributed by atoms with van der Waals surface area (Å²) in [5.74, 6) is 0. The van der Waals surface area contributed by atoms with Crippen LogP contribution in [0.2, 0.25) is 0 Å². The summed E-state index contributed by atoms with van der Waals surface area (Å²) in [6.07, 6.45) is 3.06. The summed E-state index contributed by atoms with van der Waals surface area (Å²) in [4.78, 5) is 14.6. The second kappa shape index (κ2) is 7.85. The Labute approximate surface area is 153 Å². The van der Waals surface area contributed by atoms with Crippen molar-refractivity contribution >= 4 is 10.9 Å². The Balaban J connectivity index is 1.52. The lowest BCUT2D eigenvalue weighted by molar-refractivity contribution is 0.0422. The van der Waals surface area contributed by atoms with Crippen LogP contribution < -0.4 is 5.43 Å². The average molecular weight is 348 g/mol. The van der Waals surface area contributed by atoms with Crippen molar-refractivity contribution in [1.29, 1.82) is 0 Å². The zero-order chi connectivity index (χ0) is 17.8. The lowest BCUT2D eigenvalue weighted by Crippen LogP contribution is -2.34. The molecule has 1 fully saturated rings. The van der Waals surface area contributed by atoms with Gasteiger partial charge in [0, 0.05) is 43.9 Å². The second-order valence-corrected chi connectivity index (χ2v) is 6.92. The van der Waals surface area contributed by atoms with Crippen LogP contribution >= 0.6 is 0 Å². The van der Waals surface area contributed by atoms with Gasteiger partial charge in [0.2, 0.25) is 0 Å². The molecule has 1 atom stereocenters. The van der Waals surface area contributed by atoms with Gasteiger partial charge < -0.3 is 9.30 Å². The van der Waals surface area contributed by atoms with E-state index in [-0.39, 0.29) is 11.5 Å².